The average Bonchev–Trinajstić information content (AvgIpc) is 3.45. The van der Waals surface area contributed by atoms with Gasteiger partial charge in [0.05, 0.1) is 23.8 Å². The van der Waals surface area contributed by atoms with Gasteiger partial charge in [-0.2, -0.15) is 5.10 Å². The largest absolute Gasteiger partial charge is 0.337 e. The molecule has 3 N–H and O–H groups in total. The molecule has 5 aromatic rings. The van der Waals surface area contributed by atoms with Crippen LogP contribution in [0.5, 0.6) is 0 Å². The molecule has 0 fully saturated rings. The number of anilines is 3. The second-order valence-electron chi connectivity index (χ2n) is 7.03. The van der Waals surface area contributed by atoms with Gasteiger partial charge in [0, 0.05) is 40.9 Å². The Hall–Kier alpha value is -4.20. The van der Waals surface area contributed by atoms with Gasteiger partial charge in [0.25, 0.3) is 0 Å². The highest BCUT2D eigenvalue weighted by molar-refractivity contribution is 6.00. The van der Waals surface area contributed by atoms with E-state index in [2.05, 4.69) is 25.8 Å². The van der Waals surface area contributed by atoms with Crippen molar-refractivity contribution in [3.05, 3.63) is 66.7 Å². The maximum Gasteiger partial charge on any atom is 0.228 e. The summed E-state index contributed by atoms with van der Waals surface area (Å²) in [6.07, 6.45) is 7.80. The second kappa shape index (κ2) is 5.90. The molecule has 0 saturated heterocycles. The predicted octanol–water partition coefficient (Wildman–Crippen LogP) is 3.51. The third-order valence-electron chi connectivity index (χ3n) is 5.11. The zero-order valence-corrected chi connectivity index (χ0v) is 15.2. The number of hydrogen-bond donors (Lipinski definition) is 3. The van der Waals surface area contributed by atoms with Crippen LogP contribution < -0.4 is 10.6 Å². The number of aromatic amines is 1. The van der Waals surface area contributed by atoms with E-state index in [1.54, 1.807) is 12.4 Å². The molecular formula is C21H15N7O. The van der Waals surface area contributed by atoms with Crippen LogP contribution in [-0.2, 0) is 11.2 Å². The lowest BCUT2D eigenvalue weighted by molar-refractivity contribution is -0.115. The molecule has 1 aliphatic rings. The van der Waals surface area contributed by atoms with Gasteiger partial charge in [0.2, 0.25) is 5.91 Å². The zero-order chi connectivity index (χ0) is 19.4. The van der Waals surface area contributed by atoms with Gasteiger partial charge in [-0.3, -0.25) is 9.89 Å². The van der Waals surface area contributed by atoms with Crippen LogP contribution in [0.2, 0.25) is 0 Å². The molecule has 8 heteroatoms. The molecule has 29 heavy (non-hydrogen) atoms. The van der Waals surface area contributed by atoms with Gasteiger partial charge in [-0.05, 0) is 23.8 Å². The summed E-state index contributed by atoms with van der Waals surface area (Å²) in [6, 6.07) is 11.9. The summed E-state index contributed by atoms with van der Waals surface area (Å²) < 4.78 is 1.94. The Kier molecular flexibility index (Phi) is 3.22. The molecule has 0 saturated carbocycles. The SMILES string of the molecule is O=C1Cc2ccc(Nc3nc(-c4ccc5cn[nH]c5c4)cn4ccnc34)cc2N1. The van der Waals surface area contributed by atoms with E-state index in [1.807, 2.05) is 53.2 Å². The van der Waals surface area contributed by atoms with Gasteiger partial charge >= 0.3 is 0 Å². The monoisotopic (exact) mass is 381 g/mol. The Morgan fingerprint density at radius 3 is 3.07 bits per heavy atom. The summed E-state index contributed by atoms with van der Waals surface area (Å²) in [4.78, 5) is 20.9. The minimum Gasteiger partial charge on any atom is -0.337 e. The molecule has 0 unspecified atom stereocenters. The maximum absolute atomic E-state index is 11.6. The van der Waals surface area contributed by atoms with Gasteiger partial charge in [0.15, 0.2) is 11.5 Å². The Labute approximate surface area is 164 Å². The molecule has 0 radical (unpaired) electrons. The molecule has 6 rings (SSSR count). The smallest absolute Gasteiger partial charge is 0.228 e. The molecule has 2 aromatic carbocycles. The van der Waals surface area contributed by atoms with E-state index < -0.39 is 0 Å². The quantitative estimate of drug-likeness (QED) is 0.444. The highest BCUT2D eigenvalue weighted by atomic mass is 16.1. The topological polar surface area (TPSA) is 100 Å². The van der Waals surface area contributed by atoms with Crippen molar-refractivity contribution < 1.29 is 4.79 Å². The van der Waals surface area contributed by atoms with E-state index in [-0.39, 0.29) is 5.91 Å². The number of aromatic nitrogens is 5. The van der Waals surface area contributed by atoms with Crippen LogP contribution >= 0.6 is 0 Å². The second-order valence-corrected chi connectivity index (χ2v) is 7.03. The fourth-order valence-electron chi connectivity index (χ4n) is 3.68. The van der Waals surface area contributed by atoms with Crippen LogP contribution in [0.4, 0.5) is 17.2 Å². The average molecular weight is 381 g/mol. The third-order valence-corrected chi connectivity index (χ3v) is 5.11. The summed E-state index contributed by atoms with van der Waals surface area (Å²) in [7, 11) is 0. The highest BCUT2D eigenvalue weighted by Crippen LogP contribution is 2.30. The van der Waals surface area contributed by atoms with E-state index in [0.29, 0.717) is 12.2 Å². The third kappa shape index (κ3) is 2.61. The number of imidazole rings is 1. The lowest BCUT2D eigenvalue weighted by Gasteiger charge is -2.11. The van der Waals surface area contributed by atoms with Crippen LogP contribution in [0.25, 0.3) is 27.8 Å². The number of nitrogens with zero attached hydrogens (tertiary/aromatic N) is 4. The fourth-order valence-corrected chi connectivity index (χ4v) is 3.68. The Balaban J connectivity index is 1.44. The van der Waals surface area contributed by atoms with E-state index in [9.17, 15) is 4.79 Å². The summed E-state index contributed by atoms with van der Waals surface area (Å²) in [6.45, 7) is 0. The highest BCUT2D eigenvalue weighted by Gasteiger charge is 2.18. The Bertz CT molecular complexity index is 1420. The van der Waals surface area contributed by atoms with Crippen molar-refractivity contribution in [2.75, 3.05) is 10.6 Å². The van der Waals surface area contributed by atoms with Crippen molar-refractivity contribution in [1.29, 1.82) is 0 Å². The van der Waals surface area contributed by atoms with E-state index >= 15 is 0 Å². The molecule has 0 atom stereocenters. The zero-order valence-electron chi connectivity index (χ0n) is 15.2. The maximum atomic E-state index is 11.6. The number of carbonyl (C=O) groups is 1. The Morgan fingerprint density at radius 2 is 2.10 bits per heavy atom. The first-order valence-electron chi connectivity index (χ1n) is 9.20. The minimum absolute atomic E-state index is 0.0159. The molecule has 4 heterocycles. The standard InChI is InChI=1S/C21H15N7O/c29-19-8-13-3-4-15(9-16(13)25-19)24-20-21-22-5-6-28(21)11-18(26-20)12-1-2-14-10-23-27-17(14)7-12/h1-7,9-11H,8H2,(H,23,27)(H,24,26)(H,25,29). The number of nitrogens with one attached hydrogen (secondary N) is 3. The molecule has 1 aliphatic heterocycles. The minimum atomic E-state index is 0.0159. The van der Waals surface area contributed by atoms with E-state index in [4.69, 9.17) is 4.98 Å². The van der Waals surface area contributed by atoms with Crippen molar-refractivity contribution in [3.8, 4) is 11.3 Å². The predicted molar refractivity (Wildman–Crippen MR) is 110 cm³/mol. The first-order chi connectivity index (χ1) is 14.2. The summed E-state index contributed by atoms with van der Waals surface area (Å²) in [5.41, 5.74) is 6.14. The van der Waals surface area contributed by atoms with Gasteiger partial charge in [-0.15, -0.1) is 0 Å². The van der Waals surface area contributed by atoms with Crippen molar-refractivity contribution in [1.82, 2.24) is 24.6 Å². The first kappa shape index (κ1) is 15.8. The molecular weight excluding hydrogens is 366 g/mol. The number of amides is 1. The Morgan fingerprint density at radius 1 is 1.14 bits per heavy atom. The lowest BCUT2D eigenvalue weighted by Crippen LogP contribution is -2.03. The van der Waals surface area contributed by atoms with Crippen LogP contribution in [0, 0.1) is 0 Å². The van der Waals surface area contributed by atoms with Gasteiger partial charge < -0.3 is 15.0 Å². The summed E-state index contributed by atoms with van der Waals surface area (Å²) >= 11 is 0. The molecule has 0 bridgehead atoms. The van der Waals surface area contributed by atoms with Gasteiger partial charge in [0.1, 0.15) is 0 Å². The molecule has 0 aliphatic carbocycles. The van der Waals surface area contributed by atoms with Crippen LogP contribution in [0.1, 0.15) is 5.56 Å². The van der Waals surface area contributed by atoms with Gasteiger partial charge in [-0.1, -0.05) is 18.2 Å². The molecule has 1 amide bonds. The fraction of sp³-hybridized carbons (Fsp3) is 0.0476. The number of carbonyl (C=O) groups excluding carboxylic acids is 1. The number of H-pyrrole nitrogens is 1. The van der Waals surface area contributed by atoms with Crippen molar-refractivity contribution in [2.45, 2.75) is 6.42 Å². The first-order valence-corrected chi connectivity index (χ1v) is 9.20. The number of rotatable bonds is 3. The van der Waals surface area contributed by atoms with Crippen molar-refractivity contribution >= 4 is 39.6 Å². The molecule has 3 aromatic heterocycles. The normalized spacial score (nSPS) is 13.0. The van der Waals surface area contributed by atoms with Crippen LogP contribution in [0.15, 0.2) is 61.2 Å². The summed E-state index contributed by atoms with van der Waals surface area (Å²) in [5.74, 6) is 0.656. The number of fused-ring (bicyclic) bond motifs is 3. The number of hydrogen-bond acceptors (Lipinski definition) is 5. The van der Waals surface area contributed by atoms with Gasteiger partial charge in [-0.25, -0.2) is 9.97 Å². The van der Waals surface area contributed by atoms with Crippen molar-refractivity contribution in [2.24, 2.45) is 0 Å². The van der Waals surface area contributed by atoms with Crippen LogP contribution in [-0.4, -0.2) is 30.5 Å². The van der Waals surface area contributed by atoms with Crippen molar-refractivity contribution in [3.63, 3.8) is 0 Å². The molecule has 8 nitrogen and oxygen atoms in total. The molecule has 0 spiro atoms. The van der Waals surface area contributed by atoms with Crippen LogP contribution in [0.3, 0.4) is 0 Å². The molecule has 140 valence electrons. The van der Waals surface area contributed by atoms with E-state index in [0.717, 1.165) is 44.7 Å². The van der Waals surface area contributed by atoms with E-state index in [1.165, 1.54) is 0 Å². The number of benzene rings is 2. The summed E-state index contributed by atoms with van der Waals surface area (Å²) in [5, 5.41) is 14.4. The lowest BCUT2D eigenvalue weighted by atomic mass is 10.1.